The molecule has 0 amide bonds. The van der Waals surface area contributed by atoms with Crippen LogP contribution in [0.25, 0.3) is 0 Å². The lowest BCUT2D eigenvalue weighted by Crippen LogP contribution is -2.44. The fourth-order valence-electron chi connectivity index (χ4n) is 3.49. The molecule has 4 heteroatoms. The van der Waals surface area contributed by atoms with E-state index in [9.17, 15) is 0 Å². The number of likely N-dealkylation sites (tertiary alicyclic amines) is 1. The second-order valence-electron chi connectivity index (χ2n) is 6.01. The summed E-state index contributed by atoms with van der Waals surface area (Å²) in [5.74, 6) is 2.79. The molecule has 3 heterocycles. The van der Waals surface area contributed by atoms with Crippen LogP contribution in [0, 0.1) is 11.8 Å². The van der Waals surface area contributed by atoms with Crippen molar-refractivity contribution in [3.63, 3.8) is 0 Å². The summed E-state index contributed by atoms with van der Waals surface area (Å²) in [7, 11) is 2.08. The highest BCUT2D eigenvalue weighted by Gasteiger charge is 2.49. The summed E-state index contributed by atoms with van der Waals surface area (Å²) in [5.41, 5.74) is 0.292. The molecule has 0 saturated carbocycles. The maximum atomic E-state index is 4.44. The van der Waals surface area contributed by atoms with Gasteiger partial charge in [-0.05, 0) is 32.2 Å². The molecule has 0 aromatic carbocycles. The van der Waals surface area contributed by atoms with Gasteiger partial charge >= 0.3 is 0 Å². The number of fused-ring (bicyclic) bond motifs is 1. The van der Waals surface area contributed by atoms with E-state index < -0.39 is 0 Å². The molecule has 2 unspecified atom stereocenters. The first-order chi connectivity index (χ1) is 8.09. The van der Waals surface area contributed by atoms with Crippen LogP contribution >= 0.6 is 0 Å². The topological polar surface area (TPSA) is 33.1 Å². The lowest BCUT2D eigenvalue weighted by molar-refractivity contribution is 0.127. The minimum atomic E-state index is 0.292. The highest BCUT2D eigenvalue weighted by Crippen LogP contribution is 2.41. The molecule has 0 spiro atoms. The van der Waals surface area contributed by atoms with E-state index in [1.165, 1.54) is 25.5 Å². The summed E-state index contributed by atoms with van der Waals surface area (Å²) in [6.07, 6.45) is 3.92. The zero-order valence-electron chi connectivity index (χ0n) is 11.0. The van der Waals surface area contributed by atoms with E-state index in [0.717, 1.165) is 18.4 Å². The molecule has 0 aliphatic carbocycles. The van der Waals surface area contributed by atoms with Crippen molar-refractivity contribution in [3.8, 4) is 0 Å². The lowest BCUT2D eigenvalue weighted by atomic mass is 9.85. The lowest BCUT2D eigenvalue weighted by Gasteiger charge is -2.35. The van der Waals surface area contributed by atoms with E-state index in [0.29, 0.717) is 5.54 Å². The Morgan fingerprint density at radius 3 is 2.94 bits per heavy atom. The molecular weight excluding hydrogens is 212 g/mol. The van der Waals surface area contributed by atoms with Crippen molar-refractivity contribution in [2.24, 2.45) is 18.9 Å². The third-order valence-corrected chi connectivity index (χ3v) is 4.77. The van der Waals surface area contributed by atoms with E-state index >= 15 is 0 Å². The van der Waals surface area contributed by atoms with Crippen LogP contribution in [0.4, 0.5) is 0 Å². The van der Waals surface area contributed by atoms with Gasteiger partial charge in [0.2, 0.25) is 0 Å². The predicted molar refractivity (Wildman–Crippen MR) is 67.5 cm³/mol. The number of nitrogens with one attached hydrogen (secondary N) is 1. The van der Waals surface area contributed by atoms with Crippen LogP contribution in [0.5, 0.6) is 0 Å². The molecule has 17 heavy (non-hydrogen) atoms. The van der Waals surface area contributed by atoms with Gasteiger partial charge in [0, 0.05) is 38.1 Å². The summed E-state index contributed by atoms with van der Waals surface area (Å²) < 4.78 is 2.13. The molecule has 3 rings (SSSR count). The summed E-state index contributed by atoms with van der Waals surface area (Å²) in [5, 5.41) is 3.52. The van der Waals surface area contributed by atoms with Crippen molar-refractivity contribution < 1.29 is 0 Å². The smallest absolute Gasteiger partial charge is 0.122 e. The molecule has 0 radical (unpaired) electrons. The van der Waals surface area contributed by atoms with Gasteiger partial charge in [-0.3, -0.25) is 4.90 Å². The predicted octanol–water partition coefficient (Wildman–Crippen LogP) is 0.850. The number of nitrogens with zero attached hydrogens (tertiary/aromatic N) is 3. The Kier molecular flexibility index (Phi) is 2.52. The first-order valence-electron chi connectivity index (χ1n) is 6.51. The van der Waals surface area contributed by atoms with Crippen LogP contribution in [0.2, 0.25) is 0 Å². The van der Waals surface area contributed by atoms with Gasteiger partial charge in [0.05, 0.1) is 6.54 Å². The maximum absolute atomic E-state index is 4.44. The molecule has 2 aliphatic rings. The second kappa shape index (κ2) is 3.82. The molecule has 1 aromatic heterocycles. The number of imidazole rings is 1. The Morgan fingerprint density at radius 2 is 2.29 bits per heavy atom. The van der Waals surface area contributed by atoms with Gasteiger partial charge in [-0.1, -0.05) is 0 Å². The number of hydrogen-bond acceptors (Lipinski definition) is 3. The van der Waals surface area contributed by atoms with Crippen molar-refractivity contribution >= 4 is 0 Å². The largest absolute Gasteiger partial charge is 0.337 e. The number of rotatable bonds is 2. The highest BCUT2D eigenvalue weighted by atomic mass is 15.3. The first kappa shape index (κ1) is 11.2. The monoisotopic (exact) mass is 234 g/mol. The zero-order chi connectivity index (χ0) is 12.0. The molecule has 1 aromatic rings. The Bertz CT molecular complexity index is 409. The molecule has 2 atom stereocenters. The van der Waals surface area contributed by atoms with Gasteiger partial charge < -0.3 is 9.88 Å². The van der Waals surface area contributed by atoms with E-state index in [2.05, 4.69) is 40.7 Å². The van der Waals surface area contributed by atoms with E-state index in [-0.39, 0.29) is 0 Å². The maximum Gasteiger partial charge on any atom is 0.122 e. The number of hydrogen-bond donors (Lipinski definition) is 1. The van der Waals surface area contributed by atoms with Crippen molar-refractivity contribution in [3.05, 3.63) is 18.2 Å². The van der Waals surface area contributed by atoms with E-state index in [4.69, 9.17) is 0 Å². The SMILES string of the molecule is Cn1ccnc1CN1CC2CNCC2C1(C)C. The molecule has 94 valence electrons. The molecule has 2 aliphatic heterocycles. The molecule has 4 nitrogen and oxygen atoms in total. The number of aromatic nitrogens is 2. The third-order valence-electron chi connectivity index (χ3n) is 4.77. The van der Waals surface area contributed by atoms with Crippen LogP contribution < -0.4 is 5.32 Å². The standard InChI is InChI=1S/C13H22N4/c1-13(2)11-7-14-6-10(11)8-17(13)9-12-15-4-5-16(12)3/h4-5,10-11,14H,6-9H2,1-3H3. The van der Waals surface area contributed by atoms with Crippen molar-refractivity contribution in [1.82, 2.24) is 19.8 Å². The minimum Gasteiger partial charge on any atom is -0.337 e. The van der Waals surface area contributed by atoms with Crippen LogP contribution in [-0.2, 0) is 13.6 Å². The molecule has 1 N–H and O–H groups in total. The van der Waals surface area contributed by atoms with Crippen molar-refractivity contribution in [2.45, 2.75) is 25.9 Å². The Balaban J connectivity index is 1.79. The minimum absolute atomic E-state index is 0.292. The summed E-state index contributed by atoms with van der Waals surface area (Å²) in [6.45, 7) is 9.31. The van der Waals surface area contributed by atoms with E-state index in [1.807, 2.05) is 12.4 Å². The fourth-order valence-corrected chi connectivity index (χ4v) is 3.49. The van der Waals surface area contributed by atoms with Crippen molar-refractivity contribution in [2.75, 3.05) is 19.6 Å². The number of aryl methyl sites for hydroxylation is 1. The normalized spacial score (nSPS) is 31.9. The summed E-state index contributed by atoms with van der Waals surface area (Å²) in [6, 6.07) is 0. The average molecular weight is 234 g/mol. The third kappa shape index (κ3) is 1.70. The van der Waals surface area contributed by atoms with Crippen LogP contribution in [0.15, 0.2) is 12.4 Å². The quantitative estimate of drug-likeness (QED) is 0.823. The van der Waals surface area contributed by atoms with E-state index in [1.54, 1.807) is 0 Å². The van der Waals surface area contributed by atoms with Crippen molar-refractivity contribution in [1.29, 1.82) is 0 Å². The van der Waals surface area contributed by atoms with Gasteiger partial charge in [-0.15, -0.1) is 0 Å². The first-order valence-corrected chi connectivity index (χ1v) is 6.51. The molecule has 2 saturated heterocycles. The van der Waals surface area contributed by atoms with Crippen LogP contribution in [0.3, 0.4) is 0 Å². The van der Waals surface area contributed by atoms with Gasteiger partial charge in [0.15, 0.2) is 0 Å². The fraction of sp³-hybridized carbons (Fsp3) is 0.769. The zero-order valence-corrected chi connectivity index (χ0v) is 11.0. The Hall–Kier alpha value is -0.870. The average Bonchev–Trinajstić information content (AvgIpc) is 2.91. The Labute approximate surface area is 103 Å². The molecule has 2 fully saturated rings. The van der Waals surface area contributed by atoms with Gasteiger partial charge in [0.25, 0.3) is 0 Å². The highest BCUT2D eigenvalue weighted by molar-refractivity contribution is 5.06. The van der Waals surface area contributed by atoms with Crippen LogP contribution in [0.1, 0.15) is 19.7 Å². The van der Waals surface area contributed by atoms with Gasteiger partial charge in [0.1, 0.15) is 5.82 Å². The Morgan fingerprint density at radius 1 is 1.47 bits per heavy atom. The van der Waals surface area contributed by atoms with Crippen LogP contribution in [-0.4, -0.2) is 39.6 Å². The molecule has 0 bridgehead atoms. The van der Waals surface area contributed by atoms with Gasteiger partial charge in [-0.2, -0.15) is 0 Å². The second-order valence-corrected chi connectivity index (χ2v) is 6.01. The summed E-state index contributed by atoms with van der Waals surface area (Å²) in [4.78, 5) is 7.05. The summed E-state index contributed by atoms with van der Waals surface area (Å²) >= 11 is 0. The molecular formula is C13H22N4. The van der Waals surface area contributed by atoms with Gasteiger partial charge in [-0.25, -0.2) is 4.98 Å².